The molecule has 0 aliphatic rings. The van der Waals surface area contributed by atoms with Crippen molar-refractivity contribution < 1.29 is 4.74 Å². The standard InChI is InChI=1S/C9H15NOS/c1-7(11-3)9(10-2)8-4-5-12-6-8/h4-7,9-10H,1-3H3. The Bertz CT molecular complexity index is 210. The minimum atomic E-state index is 0.213. The van der Waals surface area contributed by atoms with Crippen molar-refractivity contribution in [3.8, 4) is 0 Å². The maximum atomic E-state index is 5.27. The number of hydrogen-bond donors (Lipinski definition) is 1. The van der Waals surface area contributed by atoms with E-state index in [-0.39, 0.29) is 6.10 Å². The molecule has 1 aromatic heterocycles. The Morgan fingerprint density at radius 2 is 2.33 bits per heavy atom. The summed E-state index contributed by atoms with van der Waals surface area (Å²) in [7, 11) is 3.69. The molecule has 68 valence electrons. The van der Waals surface area contributed by atoms with Crippen LogP contribution < -0.4 is 5.32 Å². The van der Waals surface area contributed by atoms with Crippen molar-refractivity contribution in [2.45, 2.75) is 19.1 Å². The molecule has 12 heavy (non-hydrogen) atoms. The van der Waals surface area contributed by atoms with Crippen LogP contribution in [0, 0.1) is 0 Å². The van der Waals surface area contributed by atoms with Gasteiger partial charge in [-0.25, -0.2) is 0 Å². The highest BCUT2D eigenvalue weighted by molar-refractivity contribution is 7.07. The zero-order chi connectivity index (χ0) is 8.97. The van der Waals surface area contributed by atoms with Gasteiger partial charge in [0, 0.05) is 7.11 Å². The monoisotopic (exact) mass is 185 g/mol. The van der Waals surface area contributed by atoms with E-state index in [4.69, 9.17) is 4.74 Å². The summed E-state index contributed by atoms with van der Waals surface area (Å²) in [5, 5.41) is 7.47. The van der Waals surface area contributed by atoms with E-state index >= 15 is 0 Å². The normalized spacial score (nSPS) is 15.9. The molecule has 1 N–H and O–H groups in total. The highest BCUT2D eigenvalue weighted by Crippen LogP contribution is 2.20. The molecule has 0 aliphatic heterocycles. The summed E-state index contributed by atoms with van der Waals surface area (Å²) >= 11 is 1.72. The van der Waals surface area contributed by atoms with Crippen molar-refractivity contribution in [2.75, 3.05) is 14.2 Å². The molecule has 0 saturated carbocycles. The maximum Gasteiger partial charge on any atom is 0.0738 e. The van der Waals surface area contributed by atoms with Crippen LogP contribution in [0.2, 0.25) is 0 Å². The summed E-state index contributed by atoms with van der Waals surface area (Å²) in [6, 6.07) is 2.43. The summed E-state index contributed by atoms with van der Waals surface area (Å²) in [4.78, 5) is 0. The van der Waals surface area contributed by atoms with Gasteiger partial charge in [0.1, 0.15) is 0 Å². The second-order valence-electron chi connectivity index (χ2n) is 2.76. The minimum Gasteiger partial charge on any atom is -0.380 e. The third-order valence-electron chi connectivity index (χ3n) is 2.05. The topological polar surface area (TPSA) is 21.3 Å². The molecule has 3 heteroatoms. The van der Waals surface area contributed by atoms with Gasteiger partial charge in [-0.3, -0.25) is 0 Å². The molecule has 1 heterocycles. The van der Waals surface area contributed by atoms with E-state index in [0.29, 0.717) is 6.04 Å². The Balaban J connectivity index is 2.69. The van der Waals surface area contributed by atoms with Gasteiger partial charge in [0.05, 0.1) is 12.1 Å². The Morgan fingerprint density at radius 1 is 1.58 bits per heavy atom. The van der Waals surface area contributed by atoms with Crippen LogP contribution in [0.3, 0.4) is 0 Å². The number of hydrogen-bond acceptors (Lipinski definition) is 3. The lowest BCUT2D eigenvalue weighted by Crippen LogP contribution is -2.28. The maximum absolute atomic E-state index is 5.27. The molecule has 0 fully saturated rings. The minimum absolute atomic E-state index is 0.213. The highest BCUT2D eigenvalue weighted by Gasteiger charge is 2.16. The predicted octanol–water partition coefficient (Wildman–Crippen LogP) is 2.04. The molecule has 0 spiro atoms. The SMILES string of the molecule is CNC(c1ccsc1)C(C)OC. The molecule has 0 amide bonds. The van der Waals surface area contributed by atoms with Crippen LogP contribution in [0.1, 0.15) is 18.5 Å². The molecule has 0 saturated heterocycles. The largest absolute Gasteiger partial charge is 0.380 e. The average Bonchev–Trinajstić information content (AvgIpc) is 2.58. The van der Waals surface area contributed by atoms with E-state index in [2.05, 4.69) is 29.1 Å². The van der Waals surface area contributed by atoms with E-state index in [0.717, 1.165) is 0 Å². The Kier molecular flexibility index (Phi) is 3.72. The van der Waals surface area contributed by atoms with Crippen molar-refractivity contribution in [3.63, 3.8) is 0 Å². The first-order valence-electron chi connectivity index (χ1n) is 4.01. The second-order valence-corrected chi connectivity index (χ2v) is 3.54. The van der Waals surface area contributed by atoms with Crippen molar-refractivity contribution in [3.05, 3.63) is 22.4 Å². The van der Waals surface area contributed by atoms with Gasteiger partial charge in [-0.15, -0.1) is 0 Å². The van der Waals surface area contributed by atoms with Crippen LogP contribution in [-0.4, -0.2) is 20.3 Å². The quantitative estimate of drug-likeness (QED) is 0.775. The summed E-state index contributed by atoms with van der Waals surface area (Å²) in [6.45, 7) is 2.07. The lowest BCUT2D eigenvalue weighted by Gasteiger charge is -2.21. The molecule has 2 unspecified atom stereocenters. The Morgan fingerprint density at radius 3 is 2.75 bits per heavy atom. The number of thiophene rings is 1. The van der Waals surface area contributed by atoms with Gasteiger partial charge in [0.2, 0.25) is 0 Å². The molecule has 0 radical (unpaired) electrons. The molecule has 0 aliphatic carbocycles. The van der Waals surface area contributed by atoms with Gasteiger partial charge in [0.25, 0.3) is 0 Å². The smallest absolute Gasteiger partial charge is 0.0738 e. The van der Waals surface area contributed by atoms with Crippen LogP contribution >= 0.6 is 11.3 Å². The first-order chi connectivity index (χ1) is 5.79. The first-order valence-corrected chi connectivity index (χ1v) is 4.96. The second kappa shape index (κ2) is 4.60. The number of rotatable bonds is 4. The van der Waals surface area contributed by atoms with Crippen LogP contribution in [0.5, 0.6) is 0 Å². The van der Waals surface area contributed by atoms with Crippen molar-refractivity contribution in [2.24, 2.45) is 0 Å². The number of likely N-dealkylation sites (N-methyl/N-ethyl adjacent to an activating group) is 1. The zero-order valence-electron chi connectivity index (χ0n) is 7.70. The molecular formula is C9H15NOS. The number of methoxy groups -OCH3 is 1. The third-order valence-corrected chi connectivity index (χ3v) is 2.76. The van der Waals surface area contributed by atoms with Gasteiger partial charge < -0.3 is 10.1 Å². The zero-order valence-corrected chi connectivity index (χ0v) is 8.52. The van der Waals surface area contributed by atoms with Crippen LogP contribution in [0.25, 0.3) is 0 Å². The van der Waals surface area contributed by atoms with E-state index in [1.54, 1.807) is 18.4 Å². The van der Waals surface area contributed by atoms with Gasteiger partial charge in [-0.05, 0) is 36.4 Å². The van der Waals surface area contributed by atoms with Crippen LogP contribution in [0.15, 0.2) is 16.8 Å². The molecule has 0 aromatic carbocycles. The number of nitrogens with one attached hydrogen (secondary N) is 1. The Hall–Kier alpha value is -0.380. The third kappa shape index (κ3) is 2.06. The van der Waals surface area contributed by atoms with Gasteiger partial charge in [-0.2, -0.15) is 11.3 Å². The molecule has 2 nitrogen and oxygen atoms in total. The average molecular weight is 185 g/mol. The van der Waals surface area contributed by atoms with Gasteiger partial charge in [0.15, 0.2) is 0 Å². The van der Waals surface area contributed by atoms with Crippen molar-refractivity contribution in [1.82, 2.24) is 5.32 Å². The van der Waals surface area contributed by atoms with Crippen molar-refractivity contribution in [1.29, 1.82) is 0 Å². The van der Waals surface area contributed by atoms with Crippen molar-refractivity contribution >= 4 is 11.3 Å². The fourth-order valence-electron chi connectivity index (χ4n) is 1.26. The van der Waals surface area contributed by atoms with Crippen LogP contribution in [0.4, 0.5) is 0 Å². The van der Waals surface area contributed by atoms with Crippen LogP contribution in [-0.2, 0) is 4.74 Å². The molecule has 1 rings (SSSR count). The lowest BCUT2D eigenvalue weighted by atomic mass is 10.1. The predicted molar refractivity (Wildman–Crippen MR) is 52.6 cm³/mol. The van der Waals surface area contributed by atoms with E-state index in [9.17, 15) is 0 Å². The summed E-state index contributed by atoms with van der Waals surface area (Å²) in [6.07, 6.45) is 0.213. The lowest BCUT2D eigenvalue weighted by molar-refractivity contribution is 0.0858. The molecule has 1 aromatic rings. The summed E-state index contributed by atoms with van der Waals surface area (Å²) < 4.78 is 5.27. The fraction of sp³-hybridized carbons (Fsp3) is 0.556. The molecular weight excluding hydrogens is 170 g/mol. The first kappa shape index (κ1) is 9.71. The molecule has 0 bridgehead atoms. The van der Waals surface area contributed by atoms with E-state index < -0.39 is 0 Å². The van der Waals surface area contributed by atoms with Gasteiger partial charge >= 0.3 is 0 Å². The van der Waals surface area contributed by atoms with Gasteiger partial charge in [-0.1, -0.05) is 0 Å². The van der Waals surface area contributed by atoms with E-state index in [1.807, 2.05) is 7.05 Å². The number of ether oxygens (including phenoxy) is 1. The summed E-state index contributed by atoms with van der Waals surface area (Å²) in [5.41, 5.74) is 1.30. The Labute approximate surface area is 77.6 Å². The highest BCUT2D eigenvalue weighted by atomic mass is 32.1. The summed E-state index contributed by atoms with van der Waals surface area (Å²) in [5.74, 6) is 0. The fourth-order valence-corrected chi connectivity index (χ4v) is 1.96. The molecule has 2 atom stereocenters. The van der Waals surface area contributed by atoms with E-state index in [1.165, 1.54) is 5.56 Å².